The molecule has 0 spiro atoms. The zero-order chi connectivity index (χ0) is 22.1. The maximum absolute atomic E-state index is 12.7. The number of hydrogen-bond donors (Lipinski definition) is 2. The predicted molar refractivity (Wildman–Crippen MR) is 133 cm³/mol. The Bertz CT molecular complexity index is 877. The van der Waals surface area contributed by atoms with Gasteiger partial charge in [0.15, 0.2) is 5.96 Å². The number of morpholine rings is 1. The lowest BCUT2D eigenvalue weighted by atomic mass is 10.1. The lowest BCUT2D eigenvalue weighted by Gasteiger charge is -2.27. The summed E-state index contributed by atoms with van der Waals surface area (Å²) in [5.41, 5.74) is 4.07. The lowest BCUT2D eigenvalue weighted by Crippen LogP contribution is -2.37. The number of ether oxygens (including phenoxy) is 2. The van der Waals surface area contributed by atoms with Crippen LogP contribution in [0.4, 0.5) is 8.78 Å². The van der Waals surface area contributed by atoms with Gasteiger partial charge in [-0.2, -0.15) is 8.78 Å². The van der Waals surface area contributed by atoms with Crippen molar-refractivity contribution in [3.8, 4) is 5.75 Å². The Morgan fingerprint density at radius 1 is 1.06 bits per heavy atom. The number of guanidine groups is 1. The third kappa shape index (κ3) is 8.18. The van der Waals surface area contributed by atoms with Crippen LogP contribution in [0.15, 0.2) is 47.5 Å². The fourth-order valence-electron chi connectivity index (χ4n) is 3.52. The first kappa shape index (κ1) is 26.3. The molecule has 0 saturated carbocycles. The molecule has 1 heterocycles. The number of aliphatic imine (C=N–C) groups is 1. The summed E-state index contributed by atoms with van der Waals surface area (Å²) in [6.07, 6.45) is 0. The van der Waals surface area contributed by atoms with Gasteiger partial charge in [0.2, 0.25) is 0 Å². The van der Waals surface area contributed by atoms with Crippen molar-refractivity contribution in [1.29, 1.82) is 0 Å². The van der Waals surface area contributed by atoms with Crippen molar-refractivity contribution < 1.29 is 18.3 Å². The average Bonchev–Trinajstić information content (AvgIpc) is 2.77. The van der Waals surface area contributed by atoms with Gasteiger partial charge in [-0.05, 0) is 24.1 Å². The van der Waals surface area contributed by atoms with E-state index >= 15 is 0 Å². The maximum atomic E-state index is 12.7. The molecule has 3 rings (SSSR count). The molecular weight excluding hydrogens is 529 g/mol. The van der Waals surface area contributed by atoms with E-state index in [4.69, 9.17) is 4.74 Å². The summed E-state index contributed by atoms with van der Waals surface area (Å²) >= 11 is 0. The minimum absolute atomic E-state index is 0. The number of aryl methyl sites for hydroxylation is 1. The van der Waals surface area contributed by atoms with E-state index in [1.165, 1.54) is 11.1 Å². The Kier molecular flexibility index (Phi) is 11.1. The fourth-order valence-corrected chi connectivity index (χ4v) is 3.52. The molecule has 6 nitrogen and oxygen atoms in total. The number of rotatable bonds is 8. The molecule has 0 aliphatic carbocycles. The lowest BCUT2D eigenvalue weighted by molar-refractivity contribution is -0.0504. The minimum atomic E-state index is -2.86. The molecule has 2 N–H and O–H groups in total. The van der Waals surface area contributed by atoms with Crippen molar-refractivity contribution in [3.63, 3.8) is 0 Å². The van der Waals surface area contributed by atoms with Gasteiger partial charge in [-0.1, -0.05) is 42.0 Å². The first-order valence-electron chi connectivity index (χ1n) is 10.4. The van der Waals surface area contributed by atoms with Crippen molar-refractivity contribution in [3.05, 3.63) is 64.7 Å². The van der Waals surface area contributed by atoms with Crippen LogP contribution in [0.25, 0.3) is 0 Å². The molecule has 0 bridgehead atoms. The van der Waals surface area contributed by atoms with Crippen LogP contribution in [0.5, 0.6) is 5.75 Å². The van der Waals surface area contributed by atoms with Crippen molar-refractivity contribution in [2.75, 3.05) is 33.4 Å². The highest BCUT2D eigenvalue weighted by atomic mass is 127. The van der Waals surface area contributed by atoms with Crippen LogP contribution in [0.1, 0.15) is 22.3 Å². The molecule has 2 aromatic rings. The van der Waals surface area contributed by atoms with E-state index in [1.807, 2.05) is 19.1 Å². The largest absolute Gasteiger partial charge is 0.434 e. The normalized spacial score (nSPS) is 14.7. The quantitative estimate of drug-likeness (QED) is 0.292. The number of benzene rings is 2. The average molecular weight is 560 g/mol. The van der Waals surface area contributed by atoms with Crippen molar-refractivity contribution in [2.45, 2.75) is 33.2 Å². The molecule has 0 unspecified atom stereocenters. The van der Waals surface area contributed by atoms with Crippen LogP contribution in [-0.4, -0.2) is 50.8 Å². The van der Waals surface area contributed by atoms with Gasteiger partial charge in [0.25, 0.3) is 0 Å². The Morgan fingerprint density at radius 2 is 1.72 bits per heavy atom. The number of nitrogens with zero attached hydrogens (tertiary/aromatic N) is 2. The summed E-state index contributed by atoms with van der Waals surface area (Å²) in [5.74, 6) is 0.755. The summed E-state index contributed by atoms with van der Waals surface area (Å²) < 4.78 is 35.5. The van der Waals surface area contributed by atoms with Crippen LogP contribution in [0.3, 0.4) is 0 Å². The van der Waals surface area contributed by atoms with E-state index < -0.39 is 6.61 Å². The first-order chi connectivity index (χ1) is 15.0. The third-order valence-electron chi connectivity index (χ3n) is 5.16. The molecule has 1 saturated heterocycles. The third-order valence-corrected chi connectivity index (χ3v) is 5.16. The van der Waals surface area contributed by atoms with E-state index in [-0.39, 0.29) is 29.7 Å². The van der Waals surface area contributed by atoms with E-state index in [0.29, 0.717) is 24.6 Å². The van der Waals surface area contributed by atoms with E-state index in [0.717, 1.165) is 38.4 Å². The molecule has 32 heavy (non-hydrogen) atoms. The maximum Gasteiger partial charge on any atom is 0.387 e. The Morgan fingerprint density at radius 3 is 2.38 bits per heavy atom. The van der Waals surface area contributed by atoms with Gasteiger partial charge in [0, 0.05) is 45.3 Å². The number of halogens is 3. The molecule has 0 amide bonds. The standard InChI is InChI=1S/C23H30F2N4O2.HI/c1-17-7-8-21(31-22(24)25)20(13-17)15-28-23(26-2)27-14-18-5-3-4-6-19(18)16-29-9-11-30-12-10-29;/h3-8,13,22H,9-12,14-16H2,1-2H3,(H2,26,27,28);1H. The first-order valence-corrected chi connectivity index (χ1v) is 10.4. The second-order valence-corrected chi connectivity index (χ2v) is 7.43. The van der Waals surface area contributed by atoms with Crippen molar-refractivity contribution in [1.82, 2.24) is 15.5 Å². The summed E-state index contributed by atoms with van der Waals surface area (Å²) in [4.78, 5) is 6.64. The van der Waals surface area contributed by atoms with Crippen LogP contribution in [-0.2, 0) is 24.4 Å². The summed E-state index contributed by atoms with van der Waals surface area (Å²) in [7, 11) is 1.68. The molecular formula is C23H31F2IN4O2. The summed E-state index contributed by atoms with van der Waals surface area (Å²) in [5, 5.41) is 6.50. The van der Waals surface area contributed by atoms with Gasteiger partial charge >= 0.3 is 6.61 Å². The zero-order valence-electron chi connectivity index (χ0n) is 18.4. The van der Waals surface area contributed by atoms with Crippen LogP contribution in [0.2, 0.25) is 0 Å². The van der Waals surface area contributed by atoms with Crippen LogP contribution >= 0.6 is 24.0 Å². The van der Waals surface area contributed by atoms with Gasteiger partial charge in [0.05, 0.1) is 13.2 Å². The molecule has 0 atom stereocenters. The molecule has 1 aliphatic rings. The van der Waals surface area contributed by atoms with Crippen LogP contribution < -0.4 is 15.4 Å². The fraction of sp³-hybridized carbons (Fsp3) is 0.435. The van der Waals surface area contributed by atoms with Gasteiger partial charge < -0.3 is 20.1 Å². The number of alkyl halides is 2. The van der Waals surface area contributed by atoms with Crippen LogP contribution in [0, 0.1) is 6.92 Å². The molecule has 2 aromatic carbocycles. The van der Waals surface area contributed by atoms with Crippen molar-refractivity contribution in [2.24, 2.45) is 4.99 Å². The van der Waals surface area contributed by atoms with E-state index in [2.05, 4.69) is 43.5 Å². The molecule has 1 aliphatic heterocycles. The molecule has 1 fully saturated rings. The zero-order valence-corrected chi connectivity index (χ0v) is 20.8. The van der Waals surface area contributed by atoms with Gasteiger partial charge in [-0.15, -0.1) is 24.0 Å². The van der Waals surface area contributed by atoms with Gasteiger partial charge in [-0.3, -0.25) is 9.89 Å². The SMILES string of the molecule is CN=C(NCc1ccccc1CN1CCOCC1)NCc1cc(C)ccc1OC(F)F.I. The molecule has 0 aromatic heterocycles. The second-order valence-electron chi connectivity index (χ2n) is 7.43. The highest BCUT2D eigenvalue weighted by molar-refractivity contribution is 14.0. The Balaban J connectivity index is 0.00000363. The Labute approximate surface area is 205 Å². The van der Waals surface area contributed by atoms with Gasteiger partial charge in [-0.25, -0.2) is 0 Å². The topological polar surface area (TPSA) is 58.1 Å². The summed E-state index contributed by atoms with van der Waals surface area (Å²) in [6, 6.07) is 13.5. The van der Waals surface area contributed by atoms with Gasteiger partial charge in [0.1, 0.15) is 5.75 Å². The predicted octanol–water partition coefficient (Wildman–Crippen LogP) is 3.91. The monoisotopic (exact) mass is 560 g/mol. The second kappa shape index (κ2) is 13.5. The number of hydrogen-bond acceptors (Lipinski definition) is 4. The molecule has 176 valence electrons. The Hall–Kier alpha value is -1.98. The minimum Gasteiger partial charge on any atom is -0.434 e. The highest BCUT2D eigenvalue weighted by Crippen LogP contribution is 2.22. The molecule has 0 radical (unpaired) electrons. The summed E-state index contributed by atoms with van der Waals surface area (Å²) in [6.45, 7) is 4.27. The van der Waals surface area contributed by atoms with Crippen molar-refractivity contribution >= 4 is 29.9 Å². The highest BCUT2D eigenvalue weighted by Gasteiger charge is 2.13. The van der Waals surface area contributed by atoms with E-state index in [9.17, 15) is 8.78 Å². The molecule has 9 heteroatoms. The smallest absolute Gasteiger partial charge is 0.387 e. The number of nitrogens with one attached hydrogen (secondary N) is 2. The van der Waals surface area contributed by atoms with E-state index in [1.54, 1.807) is 19.2 Å².